The van der Waals surface area contributed by atoms with Gasteiger partial charge in [-0.1, -0.05) is 51.1 Å². The zero-order valence-corrected chi connectivity index (χ0v) is 13.8. The maximum Gasteiger partial charge on any atom is 0.407 e. The normalized spacial score (nSPS) is 32.0. The first-order chi connectivity index (χ1) is 10.5. The number of hydrogen-bond donors (Lipinski definition) is 1. The molecule has 3 aliphatic rings. The molecule has 1 N–H and O–H groups in total. The van der Waals surface area contributed by atoms with Gasteiger partial charge >= 0.3 is 6.09 Å². The van der Waals surface area contributed by atoms with Gasteiger partial charge in [-0.2, -0.15) is 0 Å². The summed E-state index contributed by atoms with van der Waals surface area (Å²) in [5.74, 6) is 1.89. The fourth-order valence-corrected chi connectivity index (χ4v) is 4.39. The Morgan fingerprint density at radius 3 is 2.64 bits per heavy atom. The molecule has 1 aromatic rings. The van der Waals surface area contributed by atoms with E-state index in [0.717, 1.165) is 18.8 Å². The van der Waals surface area contributed by atoms with Crippen LogP contribution in [0.15, 0.2) is 30.3 Å². The van der Waals surface area contributed by atoms with Crippen molar-refractivity contribution in [3.63, 3.8) is 0 Å². The van der Waals surface area contributed by atoms with E-state index in [1.165, 1.54) is 12.0 Å². The summed E-state index contributed by atoms with van der Waals surface area (Å²) in [5.41, 5.74) is 1.67. The Morgan fingerprint density at radius 1 is 1.27 bits per heavy atom. The van der Waals surface area contributed by atoms with Crippen molar-refractivity contribution in [3.8, 4) is 0 Å². The fraction of sp³-hybridized carbons (Fsp3) is 0.632. The number of fused-ring (bicyclic) bond motifs is 2. The van der Waals surface area contributed by atoms with Crippen molar-refractivity contribution in [3.05, 3.63) is 35.9 Å². The number of ether oxygens (including phenoxy) is 1. The van der Waals surface area contributed by atoms with Gasteiger partial charge in [-0.05, 0) is 48.0 Å². The maximum absolute atomic E-state index is 12.0. The minimum absolute atomic E-state index is 0.0912. The van der Waals surface area contributed by atoms with Gasteiger partial charge < -0.3 is 10.1 Å². The van der Waals surface area contributed by atoms with E-state index in [1.54, 1.807) is 0 Å². The molecule has 4 atom stereocenters. The molecule has 0 aromatic heterocycles. The van der Waals surface area contributed by atoms with Crippen LogP contribution in [0.1, 0.15) is 39.2 Å². The molecule has 0 heterocycles. The summed E-state index contributed by atoms with van der Waals surface area (Å²) in [6.07, 6.45) is 3.01. The average Bonchev–Trinajstić information content (AvgIpc) is 2.49. The van der Waals surface area contributed by atoms with Gasteiger partial charge in [0, 0.05) is 6.54 Å². The first kappa shape index (κ1) is 15.4. The average molecular weight is 301 g/mol. The van der Waals surface area contributed by atoms with Crippen LogP contribution < -0.4 is 5.32 Å². The summed E-state index contributed by atoms with van der Waals surface area (Å²) in [5, 5.41) is 2.89. The minimum atomic E-state index is -0.258. The molecule has 2 bridgehead atoms. The summed E-state index contributed by atoms with van der Waals surface area (Å²) in [7, 11) is 0. The van der Waals surface area contributed by atoms with Crippen molar-refractivity contribution >= 4 is 6.09 Å². The third-order valence-electron chi connectivity index (χ3n) is 6.07. The Balaban J connectivity index is 1.43. The second kappa shape index (κ2) is 5.94. The summed E-state index contributed by atoms with van der Waals surface area (Å²) >= 11 is 0. The Kier molecular flexibility index (Phi) is 4.16. The highest BCUT2D eigenvalue weighted by molar-refractivity contribution is 5.67. The van der Waals surface area contributed by atoms with Crippen LogP contribution >= 0.6 is 0 Å². The van der Waals surface area contributed by atoms with Crippen LogP contribution in [0.25, 0.3) is 0 Å². The lowest BCUT2D eigenvalue weighted by molar-refractivity contribution is -0.155. The summed E-state index contributed by atoms with van der Waals surface area (Å²) in [6, 6.07) is 10.2. The molecule has 1 aromatic carbocycles. The molecule has 3 aliphatic carbocycles. The van der Waals surface area contributed by atoms with Crippen LogP contribution in [0.3, 0.4) is 0 Å². The van der Waals surface area contributed by atoms with Gasteiger partial charge in [-0.3, -0.25) is 0 Å². The van der Waals surface area contributed by atoms with Crippen LogP contribution in [0.5, 0.6) is 0 Å². The molecule has 0 unspecified atom stereocenters. The largest absolute Gasteiger partial charge is 0.446 e. The lowest BCUT2D eigenvalue weighted by atomic mass is 9.45. The third-order valence-corrected chi connectivity index (χ3v) is 6.07. The van der Waals surface area contributed by atoms with Gasteiger partial charge in [0.1, 0.15) is 6.10 Å². The van der Waals surface area contributed by atoms with Crippen LogP contribution in [-0.4, -0.2) is 18.7 Å². The van der Waals surface area contributed by atoms with Crippen molar-refractivity contribution in [1.29, 1.82) is 0 Å². The number of nitrogens with one attached hydrogen (secondary N) is 1. The molecule has 0 radical (unpaired) electrons. The quantitative estimate of drug-likeness (QED) is 0.912. The van der Waals surface area contributed by atoms with Crippen molar-refractivity contribution in [2.24, 2.45) is 23.2 Å². The number of amides is 1. The van der Waals surface area contributed by atoms with Gasteiger partial charge in [0.25, 0.3) is 0 Å². The van der Waals surface area contributed by atoms with Crippen LogP contribution in [0.4, 0.5) is 4.79 Å². The number of carbonyl (C=O) groups excluding carboxylic acids is 1. The number of benzene rings is 1. The van der Waals surface area contributed by atoms with E-state index in [0.29, 0.717) is 23.8 Å². The number of alkyl carbamates (subject to hydrolysis) is 1. The molecule has 4 rings (SSSR count). The fourth-order valence-electron chi connectivity index (χ4n) is 4.39. The Hall–Kier alpha value is -1.51. The molecule has 0 aliphatic heterocycles. The molecule has 3 heteroatoms. The molecule has 3 fully saturated rings. The highest BCUT2D eigenvalue weighted by atomic mass is 16.6. The van der Waals surface area contributed by atoms with E-state index in [9.17, 15) is 4.79 Å². The molecule has 22 heavy (non-hydrogen) atoms. The van der Waals surface area contributed by atoms with Crippen molar-refractivity contribution < 1.29 is 9.53 Å². The number of carbonyl (C=O) groups is 1. The lowest BCUT2D eigenvalue weighted by Crippen LogP contribution is -2.57. The molecular weight excluding hydrogens is 274 g/mol. The standard InChI is InChI=1S/C19H27NO2/c1-13-16-11-15(19(16,2)3)12-17(13)22-18(21)20-10-9-14-7-5-4-6-8-14/h4-8,13,15-17H,9-12H2,1-3H3,(H,20,21)/t13-,15-,16-,17+/m1/s1. The van der Waals surface area contributed by atoms with Crippen molar-refractivity contribution in [1.82, 2.24) is 5.32 Å². The SMILES string of the molecule is C[C@H]1[C@@H](OC(=O)NCCc2ccccc2)C[C@H]2C[C@H]1C2(C)C. The first-order valence-corrected chi connectivity index (χ1v) is 8.47. The Labute approximate surface area is 133 Å². The van der Waals surface area contributed by atoms with Crippen LogP contribution in [-0.2, 0) is 11.2 Å². The molecule has 0 saturated heterocycles. The van der Waals surface area contributed by atoms with E-state index in [-0.39, 0.29) is 12.2 Å². The third kappa shape index (κ3) is 2.86. The topological polar surface area (TPSA) is 38.3 Å². The minimum Gasteiger partial charge on any atom is -0.446 e. The highest BCUT2D eigenvalue weighted by Gasteiger charge is 2.57. The molecular formula is C19H27NO2. The second-order valence-corrected chi connectivity index (χ2v) is 7.56. The molecule has 3 nitrogen and oxygen atoms in total. The molecule has 120 valence electrons. The van der Waals surface area contributed by atoms with E-state index in [2.05, 4.69) is 38.2 Å². The van der Waals surface area contributed by atoms with Crippen molar-refractivity contribution in [2.75, 3.05) is 6.54 Å². The number of hydrogen-bond acceptors (Lipinski definition) is 2. The zero-order chi connectivity index (χ0) is 15.7. The molecule has 3 saturated carbocycles. The van der Waals surface area contributed by atoms with E-state index in [4.69, 9.17) is 4.74 Å². The van der Waals surface area contributed by atoms with Gasteiger partial charge in [-0.25, -0.2) is 4.79 Å². The van der Waals surface area contributed by atoms with E-state index in [1.807, 2.05) is 18.2 Å². The van der Waals surface area contributed by atoms with Gasteiger partial charge in [0.2, 0.25) is 0 Å². The maximum atomic E-state index is 12.0. The summed E-state index contributed by atoms with van der Waals surface area (Å²) in [6.45, 7) is 7.59. The predicted octanol–water partition coefficient (Wildman–Crippen LogP) is 4.03. The smallest absolute Gasteiger partial charge is 0.407 e. The van der Waals surface area contributed by atoms with Gasteiger partial charge in [0.05, 0.1) is 0 Å². The Bertz CT molecular complexity index is 525. The monoisotopic (exact) mass is 301 g/mol. The zero-order valence-electron chi connectivity index (χ0n) is 13.8. The van der Waals surface area contributed by atoms with Crippen LogP contribution in [0, 0.1) is 23.2 Å². The van der Waals surface area contributed by atoms with Gasteiger partial charge in [0.15, 0.2) is 0 Å². The highest BCUT2D eigenvalue weighted by Crippen LogP contribution is 2.61. The van der Waals surface area contributed by atoms with Gasteiger partial charge in [-0.15, -0.1) is 0 Å². The first-order valence-electron chi connectivity index (χ1n) is 8.47. The van der Waals surface area contributed by atoms with E-state index >= 15 is 0 Å². The Morgan fingerprint density at radius 2 is 2.00 bits per heavy atom. The molecule has 1 amide bonds. The molecule has 0 spiro atoms. The van der Waals surface area contributed by atoms with Crippen LogP contribution in [0.2, 0.25) is 0 Å². The summed E-state index contributed by atoms with van der Waals surface area (Å²) in [4.78, 5) is 12.0. The van der Waals surface area contributed by atoms with E-state index < -0.39 is 0 Å². The predicted molar refractivity (Wildman–Crippen MR) is 87.6 cm³/mol. The second-order valence-electron chi connectivity index (χ2n) is 7.56. The van der Waals surface area contributed by atoms with Crippen molar-refractivity contribution in [2.45, 2.75) is 46.1 Å². The number of rotatable bonds is 4. The lowest BCUT2D eigenvalue weighted by Gasteiger charge is -2.61. The summed E-state index contributed by atoms with van der Waals surface area (Å²) < 4.78 is 5.69.